The summed E-state index contributed by atoms with van der Waals surface area (Å²) in [4.78, 5) is 16.4. The number of amides is 1. The maximum absolute atomic E-state index is 11.8. The van der Waals surface area contributed by atoms with Crippen LogP contribution >= 0.6 is 0 Å². The van der Waals surface area contributed by atoms with Crippen molar-refractivity contribution in [2.75, 3.05) is 13.1 Å². The molecule has 6 heteroatoms. The molecular formula is C20H32N4O2. The fourth-order valence-corrected chi connectivity index (χ4v) is 3.08. The molecule has 26 heavy (non-hydrogen) atoms. The van der Waals surface area contributed by atoms with Gasteiger partial charge in [-0.2, -0.15) is 0 Å². The summed E-state index contributed by atoms with van der Waals surface area (Å²) < 4.78 is 6.09. The number of carbonyl (C=O) groups excluding carboxylic acids is 1. The molecule has 144 valence electrons. The van der Waals surface area contributed by atoms with Crippen molar-refractivity contribution in [2.24, 2.45) is 4.99 Å². The zero-order valence-electron chi connectivity index (χ0n) is 16.6. The molecule has 1 aromatic carbocycles. The van der Waals surface area contributed by atoms with Gasteiger partial charge in [0.05, 0.1) is 12.6 Å². The molecular weight excluding hydrogens is 328 g/mol. The minimum Gasteiger partial charge on any atom is -0.487 e. The van der Waals surface area contributed by atoms with E-state index in [2.05, 4.69) is 40.9 Å². The van der Waals surface area contributed by atoms with E-state index in [0.717, 1.165) is 30.2 Å². The van der Waals surface area contributed by atoms with Crippen LogP contribution in [0.25, 0.3) is 0 Å². The summed E-state index contributed by atoms with van der Waals surface area (Å²) in [5.41, 5.74) is 0.885. The van der Waals surface area contributed by atoms with Crippen LogP contribution in [0.1, 0.15) is 59.1 Å². The molecule has 0 saturated heterocycles. The van der Waals surface area contributed by atoms with Crippen molar-refractivity contribution >= 4 is 11.9 Å². The Morgan fingerprint density at radius 1 is 1.35 bits per heavy atom. The molecule has 1 unspecified atom stereocenters. The quantitative estimate of drug-likeness (QED) is 0.539. The van der Waals surface area contributed by atoms with Crippen LogP contribution < -0.4 is 20.7 Å². The normalized spacial score (nSPS) is 18.7. The number of ether oxygens (including phenoxy) is 1. The first-order valence-corrected chi connectivity index (χ1v) is 9.43. The van der Waals surface area contributed by atoms with Crippen LogP contribution in [0.15, 0.2) is 29.3 Å². The fourth-order valence-electron chi connectivity index (χ4n) is 3.08. The predicted octanol–water partition coefficient (Wildman–Crippen LogP) is 2.76. The summed E-state index contributed by atoms with van der Waals surface area (Å²) in [5, 5.41) is 9.67. The standard InChI is InChI=1S/C20H32N4O2/c1-6-21-19(22-12-11-18(25)23-14(2)3)24-16-13-20(4,5)26-17-10-8-7-9-15(16)17/h7-10,14,16H,6,11-13H2,1-5H3,(H,23,25)(H2,21,22,24). The van der Waals surface area contributed by atoms with Crippen molar-refractivity contribution in [1.29, 1.82) is 0 Å². The van der Waals surface area contributed by atoms with Crippen LogP contribution in [-0.4, -0.2) is 36.6 Å². The van der Waals surface area contributed by atoms with Gasteiger partial charge < -0.3 is 20.7 Å². The second-order valence-corrected chi connectivity index (χ2v) is 7.53. The second-order valence-electron chi connectivity index (χ2n) is 7.53. The minimum atomic E-state index is -0.250. The van der Waals surface area contributed by atoms with Gasteiger partial charge in [-0.15, -0.1) is 0 Å². The van der Waals surface area contributed by atoms with Gasteiger partial charge in [-0.05, 0) is 40.7 Å². The van der Waals surface area contributed by atoms with E-state index in [1.165, 1.54) is 0 Å². The monoisotopic (exact) mass is 360 g/mol. The molecule has 1 heterocycles. The SMILES string of the molecule is CCNC(=NCCC(=O)NC(C)C)NC1CC(C)(C)Oc2ccccc21. The molecule has 3 N–H and O–H groups in total. The summed E-state index contributed by atoms with van der Waals surface area (Å²) in [6, 6.07) is 8.36. The maximum atomic E-state index is 11.8. The Labute approximate surface area is 156 Å². The number of para-hydroxylation sites is 1. The Hall–Kier alpha value is -2.24. The van der Waals surface area contributed by atoms with E-state index in [0.29, 0.717) is 13.0 Å². The zero-order chi connectivity index (χ0) is 19.2. The van der Waals surface area contributed by atoms with Gasteiger partial charge in [-0.1, -0.05) is 18.2 Å². The molecule has 6 nitrogen and oxygen atoms in total. The van der Waals surface area contributed by atoms with Crippen LogP contribution in [0.3, 0.4) is 0 Å². The van der Waals surface area contributed by atoms with E-state index in [9.17, 15) is 4.79 Å². The molecule has 0 saturated carbocycles. The lowest BCUT2D eigenvalue weighted by molar-refractivity contribution is -0.121. The van der Waals surface area contributed by atoms with E-state index in [4.69, 9.17) is 4.74 Å². The van der Waals surface area contributed by atoms with E-state index < -0.39 is 0 Å². The highest BCUT2D eigenvalue weighted by molar-refractivity contribution is 5.81. The second kappa shape index (κ2) is 8.92. The summed E-state index contributed by atoms with van der Waals surface area (Å²) in [7, 11) is 0. The van der Waals surface area contributed by atoms with Crippen molar-refractivity contribution < 1.29 is 9.53 Å². The summed E-state index contributed by atoms with van der Waals surface area (Å²) >= 11 is 0. The third kappa shape index (κ3) is 5.93. The zero-order valence-corrected chi connectivity index (χ0v) is 16.6. The molecule has 1 aliphatic rings. The summed E-state index contributed by atoms with van der Waals surface area (Å²) in [6.45, 7) is 11.3. The van der Waals surface area contributed by atoms with E-state index in [1.54, 1.807) is 0 Å². The Balaban J connectivity index is 2.06. The highest BCUT2D eigenvalue weighted by Gasteiger charge is 2.33. The van der Waals surface area contributed by atoms with Gasteiger partial charge in [-0.25, -0.2) is 0 Å². The van der Waals surface area contributed by atoms with Gasteiger partial charge in [0.15, 0.2) is 5.96 Å². The largest absolute Gasteiger partial charge is 0.487 e. The summed E-state index contributed by atoms with van der Waals surface area (Å²) in [6.07, 6.45) is 1.22. The van der Waals surface area contributed by atoms with Crippen molar-refractivity contribution in [3.8, 4) is 5.75 Å². The molecule has 1 aliphatic heterocycles. The topological polar surface area (TPSA) is 74.8 Å². The number of hydrogen-bond acceptors (Lipinski definition) is 3. The van der Waals surface area contributed by atoms with E-state index in [-0.39, 0.29) is 23.6 Å². The Morgan fingerprint density at radius 2 is 2.08 bits per heavy atom. The number of aliphatic imine (C=N–C) groups is 1. The number of nitrogens with one attached hydrogen (secondary N) is 3. The molecule has 0 fully saturated rings. The van der Waals surface area contributed by atoms with Gasteiger partial charge in [0.25, 0.3) is 0 Å². The molecule has 0 aliphatic carbocycles. The number of rotatable bonds is 6. The van der Waals surface area contributed by atoms with E-state index in [1.807, 2.05) is 39.0 Å². The van der Waals surface area contributed by atoms with Crippen molar-refractivity contribution in [1.82, 2.24) is 16.0 Å². The number of guanidine groups is 1. The number of fused-ring (bicyclic) bond motifs is 1. The van der Waals surface area contributed by atoms with Crippen LogP contribution in [0.2, 0.25) is 0 Å². The van der Waals surface area contributed by atoms with Gasteiger partial charge in [-0.3, -0.25) is 9.79 Å². The highest BCUT2D eigenvalue weighted by Crippen LogP contribution is 2.39. The molecule has 2 rings (SSSR count). The van der Waals surface area contributed by atoms with Crippen molar-refractivity contribution in [2.45, 2.75) is 65.1 Å². The average Bonchev–Trinajstić information content (AvgIpc) is 2.53. The Morgan fingerprint density at radius 3 is 2.77 bits per heavy atom. The first kappa shape index (κ1) is 20.1. The molecule has 0 radical (unpaired) electrons. The molecule has 1 atom stereocenters. The molecule has 0 aromatic heterocycles. The van der Waals surface area contributed by atoms with Crippen LogP contribution in [0, 0.1) is 0 Å². The first-order valence-electron chi connectivity index (χ1n) is 9.43. The maximum Gasteiger partial charge on any atom is 0.222 e. The predicted molar refractivity (Wildman–Crippen MR) is 106 cm³/mol. The Kier molecular flexibility index (Phi) is 6.89. The minimum absolute atomic E-state index is 0.0251. The molecule has 0 spiro atoms. The lowest BCUT2D eigenvalue weighted by atomic mass is 9.90. The van der Waals surface area contributed by atoms with Gasteiger partial charge in [0.2, 0.25) is 5.91 Å². The lowest BCUT2D eigenvalue weighted by Crippen LogP contribution is -2.45. The summed E-state index contributed by atoms with van der Waals surface area (Å²) in [5.74, 6) is 1.66. The number of hydrogen-bond donors (Lipinski definition) is 3. The lowest BCUT2D eigenvalue weighted by Gasteiger charge is -2.38. The fraction of sp³-hybridized carbons (Fsp3) is 0.600. The van der Waals surface area contributed by atoms with Gasteiger partial charge in [0.1, 0.15) is 11.4 Å². The number of benzene rings is 1. The number of carbonyl (C=O) groups is 1. The van der Waals surface area contributed by atoms with Crippen LogP contribution in [0.5, 0.6) is 5.75 Å². The number of nitrogens with zero attached hydrogens (tertiary/aromatic N) is 1. The average molecular weight is 361 g/mol. The van der Waals surface area contributed by atoms with Gasteiger partial charge >= 0.3 is 0 Å². The van der Waals surface area contributed by atoms with Crippen molar-refractivity contribution in [3.05, 3.63) is 29.8 Å². The molecule has 1 amide bonds. The van der Waals surface area contributed by atoms with Crippen molar-refractivity contribution in [3.63, 3.8) is 0 Å². The highest BCUT2D eigenvalue weighted by atomic mass is 16.5. The first-order chi connectivity index (χ1) is 12.3. The smallest absolute Gasteiger partial charge is 0.222 e. The molecule has 0 bridgehead atoms. The third-order valence-corrected chi connectivity index (χ3v) is 4.09. The third-order valence-electron chi connectivity index (χ3n) is 4.09. The Bertz CT molecular complexity index is 640. The van der Waals surface area contributed by atoms with Gasteiger partial charge in [0, 0.05) is 31.0 Å². The molecule has 1 aromatic rings. The van der Waals surface area contributed by atoms with Crippen LogP contribution in [0.4, 0.5) is 0 Å². The van der Waals surface area contributed by atoms with E-state index >= 15 is 0 Å². The van der Waals surface area contributed by atoms with Crippen LogP contribution in [-0.2, 0) is 4.79 Å².